The number of aromatic nitrogens is 3. The SMILES string of the molecule is CCOC(=O)Cc1nc(-c2cnc(N(C)C)cn2)oc1-c1ccc(Cl)s1. The summed E-state index contributed by atoms with van der Waals surface area (Å²) in [5.74, 6) is 1.13. The van der Waals surface area contributed by atoms with Crippen molar-refractivity contribution in [2.24, 2.45) is 0 Å². The van der Waals surface area contributed by atoms with Crippen LogP contribution in [0, 0.1) is 0 Å². The van der Waals surface area contributed by atoms with Crippen LogP contribution in [0.3, 0.4) is 0 Å². The van der Waals surface area contributed by atoms with Gasteiger partial charge < -0.3 is 14.1 Å². The number of oxazole rings is 1. The number of thiophene rings is 1. The first kappa shape index (κ1) is 18.3. The Labute approximate surface area is 159 Å². The summed E-state index contributed by atoms with van der Waals surface area (Å²) in [6, 6.07) is 3.59. The largest absolute Gasteiger partial charge is 0.466 e. The van der Waals surface area contributed by atoms with Crippen molar-refractivity contribution in [3.05, 3.63) is 34.6 Å². The number of hydrogen-bond donors (Lipinski definition) is 0. The summed E-state index contributed by atoms with van der Waals surface area (Å²) in [5.41, 5.74) is 0.963. The minimum absolute atomic E-state index is 0.00536. The highest BCUT2D eigenvalue weighted by atomic mass is 35.5. The monoisotopic (exact) mass is 392 g/mol. The highest BCUT2D eigenvalue weighted by Crippen LogP contribution is 2.36. The molecule has 0 atom stereocenters. The van der Waals surface area contributed by atoms with Gasteiger partial charge in [0.05, 0.1) is 40.3 Å². The summed E-state index contributed by atoms with van der Waals surface area (Å²) >= 11 is 7.37. The van der Waals surface area contributed by atoms with Crippen molar-refractivity contribution >= 4 is 34.7 Å². The van der Waals surface area contributed by atoms with E-state index in [2.05, 4.69) is 15.0 Å². The maximum Gasteiger partial charge on any atom is 0.312 e. The summed E-state index contributed by atoms with van der Waals surface area (Å²) in [5, 5.41) is 0. The molecule has 0 bridgehead atoms. The summed E-state index contributed by atoms with van der Waals surface area (Å²) in [6.45, 7) is 2.06. The van der Waals surface area contributed by atoms with E-state index in [9.17, 15) is 4.79 Å². The highest BCUT2D eigenvalue weighted by Gasteiger charge is 2.21. The van der Waals surface area contributed by atoms with Crippen molar-refractivity contribution < 1.29 is 13.9 Å². The first-order valence-electron chi connectivity index (χ1n) is 7.88. The van der Waals surface area contributed by atoms with Crippen LogP contribution in [0.5, 0.6) is 0 Å². The maximum absolute atomic E-state index is 11.9. The first-order chi connectivity index (χ1) is 12.5. The van der Waals surface area contributed by atoms with E-state index in [1.807, 2.05) is 25.1 Å². The summed E-state index contributed by atoms with van der Waals surface area (Å²) < 4.78 is 11.5. The molecule has 0 aliphatic carbocycles. The Balaban J connectivity index is 1.98. The normalized spacial score (nSPS) is 10.8. The molecular weight excluding hydrogens is 376 g/mol. The predicted molar refractivity (Wildman–Crippen MR) is 101 cm³/mol. The number of hydrogen-bond acceptors (Lipinski definition) is 8. The number of carbonyl (C=O) groups excluding carboxylic acids is 1. The van der Waals surface area contributed by atoms with Crippen LogP contribution in [0.4, 0.5) is 5.82 Å². The van der Waals surface area contributed by atoms with Crippen molar-refractivity contribution in [2.75, 3.05) is 25.6 Å². The lowest BCUT2D eigenvalue weighted by Crippen LogP contribution is -2.10. The molecule has 7 nitrogen and oxygen atoms in total. The van der Waals surface area contributed by atoms with Crippen LogP contribution in [0.1, 0.15) is 12.6 Å². The quantitative estimate of drug-likeness (QED) is 0.591. The Morgan fingerprint density at radius 1 is 1.31 bits per heavy atom. The van der Waals surface area contributed by atoms with E-state index in [1.54, 1.807) is 25.4 Å². The second-order valence-corrected chi connectivity index (χ2v) is 7.25. The first-order valence-corrected chi connectivity index (χ1v) is 9.08. The molecule has 0 amide bonds. The molecule has 0 aromatic carbocycles. The fourth-order valence-electron chi connectivity index (χ4n) is 2.22. The van der Waals surface area contributed by atoms with Gasteiger partial charge in [-0.1, -0.05) is 11.6 Å². The molecule has 0 fully saturated rings. The molecule has 0 saturated heterocycles. The van der Waals surface area contributed by atoms with E-state index in [1.165, 1.54) is 11.3 Å². The molecule has 0 N–H and O–H groups in total. The third-order valence-corrected chi connectivity index (χ3v) is 4.66. The van der Waals surface area contributed by atoms with Crippen molar-refractivity contribution in [1.29, 1.82) is 0 Å². The second-order valence-electron chi connectivity index (χ2n) is 5.53. The molecule has 0 aliphatic rings. The minimum Gasteiger partial charge on any atom is -0.466 e. The van der Waals surface area contributed by atoms with Crippen molar-refractivity contribution in [1.82, 2.24) is 15.0 Å². The fraction of sp³-hybridized carbons (Fsp3) is 0.294. The zero-order valence-corrected chi connectivity index (χ0v) is 16.1. The van der Waals surface area contributed by atoms with E-state index in [0.29, 0.717) is 34.0 Å². The molecule has 0 unspecified atom stereocenters. The van der Waals surface area contributed by atoms with Gasteiger partial charge in [-0.05, 0) is 19.1 Å². The van der Waals surface area contributed by atoms with Crippen LogP contribution >= 0.6 is 22.9 Å². The molecule has 3 heterocycles. The standard InChI is InChI=1S/C17H17ClN4O3S/c1-4-24-15(23)7-10-16(12-5-6-13(18)26-12)25-17(21-10)11-8-20-14(9-19-11)22(2)3/h5-6,8-9H,4,7H2,1-3H3. The number of esters is 1. The van der Waals surface area contributed by atoms with Crippen LogP contribution in [-0.4, -0.2) is 41.6 Å². The summed E-state index contributed by atoms with van der Waals surface area (Å²) in [6.07, 6.45) is 3.22. The molecule has 3 rings (SSSR count). The van der Waals surface area contributed by atoms with Gasteiger partial charge in [0.2, 0.25) is 5.89 Å². The smallest absolute Gasteiger partial charge is 0.312 e. The number of halogens is 1. The molecule has 0 saturated carbocycles. The van der Waals surface area contributed by atoms with Gasteiger partial charge in [-0.25, -0.2) is 15.0 Å². The molecule has 0 aliphatic heterocycles. The number of anilines is 1. The Bertz CT molecular complexity index is 905. The van der Waals surface area contributed by atoms with Crippen LogP contribution in [0.25, 0.3) is 22.2 Å². The minimum atomic E-state index is -0.370. The van der Waals surface area contributed by atoms with Gasteiger partial charge in [-0.3, -0.25) is 4.79 Å². The van der Waals surface area contributed by atoms with Gasteiger partial charge in [0.15, 0.2) is 5.76 Å². The van der Waals surface area contributed by atoms with Crippen LogP contribution in [0.15, 0.2) is 28.9 Å². The molecule has 26 heavy (non-hydrogen) atoms. The van der Waals surface area contributed by atoms with Crippen LogP contribution in [0.2, 0.25) is 4.34 Å². The molecule has 3 aromatic heterocycles. The van der Waals surface area contributed by atoms with E-state index >= 15 is 0 Å². The maximum atomic E-state index is 11.9. The molecule has 0 spiro atoms. The number of nitrogens with zero attached hydrogens (tertiary/aromatic N) is 4. The van der Waals surface area contributed by atoms with E-state index in [-0.39, 0.29) is 12.4 Å². The van der Waals surface area contributed by atoms with E-state index in [0.717, 1.165) is 10.7 Å². The molecule has 9 heteroatoms. The van der Waals surface area contributed by atoms with Gasteiger partial charge >= 0.3 is 5.97 Å². The molecule has 3 aromatic rings. The van der Waals surface area contributed by atoms with Crippen molar-refractivity contribution in [3.8, 4) is 22.2 Å². The van der Waals surface area contributed by atoms with Gasteiger partial charge in [0, 0.05) is 14.1 Å². The van der Waals surface area contributed by atoms with Crippen molar-refractivity contribution in [3.63, 3.8) is 0 Å². The molecule has 136 valence electrons. The Morgan fingerprint density at radius 3 is 2.69 bits per heavy atom. The van der Waals surface area contributed by atoms with E-state index in [4.69, 9.17) is 20.8 Å². The lowest BCUT2D eigenvalue weighted by molar-refractivity contribution is -0.142. The third-order valence-electron chi connectivity index (χ3n) is 3.43. The average molecular weight is 393 g/mol. The van der Waals surface area contributed by atoms with Crippen LogP contribution in [-0.2, 0) is 16.0 Å². The summed E-state index contributed by atoms with van der Waals surface area (Å²) in [7, 11) is 3.76. The Kier molecular flexibility index (Phi) is 5.53. The van der Waals surface area contributed by atoms with Gasteiger partial charge in [-0.15, -0.1) is 11.3 Å². The zero-order chi connectivity index (χ0) is 18.7. The average Bonchev–Trinajstić information content (AvgIpc) is 3.21. The number of rotatable bonds is 6. The second kappa shape index (κ2) is 7.84. The predicted octanol–water partition coefficient (Wildman–Crippen LogP) is 3.69. The van der Waals surface area contributed by atoms with Gasteiger partial charge in [0.1, 0.15) is 11.5 Å². The topological polar surface area (TPSA) is 81.4 Å². The molecular formula is C17H17ClN4O3S. The Hall–Kier alpha value is -2.45. The Morgan fingerprint density at radius 2 is 2.12 bits per heavy atom. The lowest BCUT2D eigenvalue weighted by atomic mass is 10.2. The van der Waals surface area contributed by atoms with Gasteiger partial charge in [-0.2, -0.15) is 0 Å². The zero-order valence-electron chi connectivity index (χ0n) is 14.5. The van der Waals surface area contributed by atoms with Crippen molar-refractivity contribution in [2.45, 2.75) is 13.3 Å². The third kappa shape index (κ3) is 4.03. The van der Waals surface area contributed by atoms with E-state index < -0.39 is 0 Å². The van der Waals surface area contributed by atoms with Gasteiger partial charge in [0.25, 0.3) is 0 Å². The number of carbonyl (C=O) groups is 1. The lowest BCUT2D eigenvalue weighted by Gasteiger charge is -2.09. The van der Waals surface area contributed by atoms with Crippen LogP contribution < -0.4 is 4.90 Å². The molecule has 0 radical (unpaired) electrons. The highest BCUT2D eigenvalue weighted by molar-refractivity contribution is 7.19. The number of ether oxygens (including phenoxy) is 1. The summed E-state index contributed by atoms with van der Waals surface area (Å²) in [4.78, 5) is 27.6. The fourth-order valence-corrected chi connectivity index (χ4v) is 3.27.